The maximum absolute atomic E-state index is 5.70. The van der Waals surface area contributed by atoms with Crippen LogP contribution in [-0.2, 0) is 13.6 Å². The molecule has 2 aromatic rings. The normalized spacial score (nSPS) is 11.0. The molecule has 4 heteroatoms. The first-order chi connectivity index (χ1) is 8.47. The van der Waals surface area contributed by atoms with Crippen LogP contribution in [0.3, 0.4) is 0 Å². The Balaban J connectivity index is 2.70. The smallest absolute Gasteiger partial charge is 0.132 e. The molecule has 1 aromatic heterocycles. The summed E-state index contributed by atoms with van der Waals surface area (Å²) < 4.78 is 2.91. The maximum atomic E-state index is 5.70. The molecule has 0 bridgehead atoms. The maximum Gasteiger partial charge on any atom is 0.132 e. The van der Waals surface area contributed by atoms with Gasteiger partial charge in [-0.3, -0.25) is 0 Å². The van der Waals surface area contributed by atoms with E-state index in [4.69, 9.17) is 5.73 Å². The first-order valence-corrected chi connectivity index (χ1v) is 6.75. The van der Waals surface area contributed by atoms with Crippen molar-refractivity contribution in [3.63, 3.8) is 0 Å². The van der Waals surface area contributed by atoms with Gasteiger partial charge in [0, 0.05) is 12.6 Å². The zero-order valence-electron chi connectivity index (χ0n) is 11.2. The summed E-state index contributed by atoms with van der Waals surface area (Å²) in [5.74, 6) is 0.884. The summed E-state index contributed by atoms with van der Waals surface area (Å²) in [5, 5.41) is 0. The molecule has 0 atom stereocenters. The highest BCUT2D eigenvalue weighted by Gasteiger charge is 2.16. The average molecular weight is 308 g/mol. The van der Waals surface area contributed by atoms with E-state index in [1.165, 1.54) is 22.3 Å². The molecular weight excluding hydrogens is 290 g/mol. The largest absolute Gasteiger partial charge is 0.329 e. The van der Waals surface area contributed by atoms with Crippen LogP contribution in [0.25, 0.3) is 11.3 Å². The molecule has 0 aliphatic heterocycles. The van der Waals surface area contributed by atoms with E-state index in [9.17, 15) is 0 Å². The summed E-state index contributed by atoms with van der Waals surface area (Å²) in [7, 11) is 2.00. The van der Waals surface area contributed by atoms with Gasteiger partial charge in [-0.15, -0.1) is 0 Å². The Labute approximate surface area is 116 Å². The van der Waals surface area contributed by atoms with Crippen LogP contribution in [0.5, 0.6) is 0 Å². The summed E-state index contributed by atoms with van der Waals surface area (Å²) in [6.07, 6.45) is 0. The van der Waals surface area contributed by atoms with E-state index >= 15 is 0 Å². The molecule has 1 aromatic carbocycles. The summed E-state index contributed by atoms with van der Waals surface area (Å²) in [6.45, 7) is 6.89. The van der Waals surface area contributed by atoms with Crippen LogP contribution in [0.4, 0.5) is 0 Å². The van der Waals surface area contributed by atoms with E-state index in [1.54, 1.807) is 0 Å². The molecule has 0 amide bonds. The van der Waals surface area contributed by atoms with Crippen LogP contribution >= 0.6 is 15.9 Å². The van der Waals surface area contributed by atoms with Crippen molar-refractivity contribution in [2.75, 3.05) is 0 Å². The fraction of sp³-hybridized carbons (Fsp3) is 0.357. The Morgan fingerprint density at radius 2 is 1.89 bits per heavy atom. The highest BCUT2D eigenvalue weighted by Crippen LogP contribution is 2.32. The number of aryl methyl sites for hydroxylation is 1. The van der Waals surface area contributed by atoms with Gasteiger partial charge in [0.15, 0.2) is 0 Å². The predicted octanol–water partition coefficient (Wildman–Crippen LogP) is 3.23. The van der Waals surface area contributed by atoms with Crippen molar-refractivity contribution in [3.05, 3.63) is 39.3 Å². The topological polar surface area (TPSA) is 43.8 Å². The number of halogens is 1. The molecule has 0 saturated heterocycles. The van der Waals surface area contributed by atoms with Gasteiger partial charge in [0.2, 0.25) is 0 Å². The van der Waals surface area contributed by atoms with E-state index in [1.807, 2.05) is 7.05 Å². The molecule has 2 rings (SSSR count). The van der Waals surface area contributed by atoms with Gasteiger partial charge in [0.05, 0.1) is 12.2 Å². The third-order valence-corrected chi connectivity index (χ3v) is 4.19. The van der Waals surface area contributed by atoms with Gasteiger partial charge in [-0.25, -0.2) is 4.98 Å². The Hall–Kier alpha value is -1.13. The first-order valence-electron chi connectivity index (χ1n) is 5.95. The average Bonchev–Trinajstić information content (AvgIpc) is 2.63. The summed E-state index contributed by atoms with van der Waals surface area (Å²) >= 11 is 3.54. The Kier molecular flexibility index (Phi) is 3.59. The minimum Gasteiger partial charge on any atom is -0.329 e. The molecule has 0 unspecified atom stereocenters. The number of nitrogens with zero attached hydrogens (tertiary/aromatic N) is 2. The van der Waals surface area contributed by atoms with Gasteiger partial charge in [0.1, 0.15) is 10.4 Å². The zero-order valence-corrected chi connectivity index (χ0v) is 12.8. The van der Waals surface area contributed by atoms with Crippen molar-refractivity contribution in [2.24, 2.45) is 12.8 Å². The molecule has 2 N–H and O–H groups in total. The van der Waals surface area contributed by atoms with Crippen LogP contribution in [0.2, 0.25) is 0 Å². The minimum atomic E-state index is 0.443. The fourth-order valence-electron chi connectivity index (χ4n) is 2.20. The third kappa shape index (κ3) is 1.99. The van der Waals surface area contributed by atoms with Gasteiger partial charge >= 0.3 is 0 Å². The van der Waals surface area contributed by atoms with Crippen LogP contribution in [0.15, 0.2) is 16.7 Å². The lowest BCUT2D eigenvalue weighted by molar-refractivity contribution is 0.798. The van der Waals surface area contributed by atoms with Crippen LogP contribution in [-0.4, -0.2) is 9.55 Å². The van der Waals surface area contributed by atoms with Gasteiger partial charge < -0.3 is 10.3 Å². The molecule has 0 radical (unpaired) electrons. The van der Waals surface area contributed by atoms with Gasteiger partial charge in [0.25, 0.3) is 0 Å². The fourth-order valence-corrected chi connectivity index (χ4v) is 2.88. The van der Waals surface area contributed by atoms with Crippen LogP contribution < -0.4 is 5.73 Å². The summed E-state index contributed by atoms with van der Waals surface area (Å²) in [5.41, 5.74) is 11.9. The molecule has 0 spiro atoms. The number of nitrogens with two attached hydrogens (primary N) is 1. The lowest BCUT2D eigenvalue weighted by Gasteiger charge is -2.12. The molecule has 1 heterocycles. The van der Waals surface area contributed by atoms with Crippen molar-refractivity contribution in [1.29, 1.82) is 0 Å². The molecular formula is C14H18BrN3. The Morgan fingerprint density at radius 3 is 2.44 bits per heavy atom. The second kappa shape index (κ2) is 4.86. The van der Waals surface area contributed by atoms with E-state index in [0.29, 0.717) is 6.54 Å². The standard InChI is InChI=1S/C14H18BrN3/c1-8-5-6-11(10(3)9(8)2)13-14(15)17-12(7-16)18(13)4/h5-6H,7,16H2,1-4H3. The monoisotopic (exact) mass is 307 g/mol. The van der Waals surface area contributed by atoms with Crippen molar-refractivity contribution in [1.82, 2.24) is 9.55 Å². The lowest BCUT2D eigenvalue weighted by Crippen LogP contribution is -2.06. The second-order valence-electron chi connectivity index (χ2n) is 4.61. The van der Waals surface area contributed by atoms with E-state index in [-0.39, 0.29) is 0 Å². The lowest BCUT2D eigenvalue weighted by atomic mass is 9.97. The molecule has 0 aliphatic carbocycles. The van der Waals surface area contributed by atoms with Crippen LogP contribution in [0, 0.1) is 20.8 Å². The number of hydrogen-bond donors (Lipinski definition) is 1. The zero-order chi connectivity index (χ0) is 13.4. The van der Waals surface area contributed by atoms with Crippen molar-refractivity contribution in [3.8, 4) is 11.3 Å². The SMILES string of the molecule is Cc1ccc(-c2c(Br)nc(CN)n2C)c(C)c1C. The summed E-state index contributed by atoms with van der Waals surface area (Å²) in [6, 6.07) is 4.30. The van der Waals surface area contributed by atoms with Crippen molar-refractivity contribution in [2.45, 2.75) is 27.3 Å². The van der Waals surface area contributed by atoms with E-state index < -0.39 is 0 Å². The van der Waals surface area contributed by atoms with Crippen LogP contribution in [0.1, 0.15) is 22.5 Å². The van der Waals surface area contributed by atoms with E-state index in [0.717, 1.165) is 16.1 Å². The molecule has 0 aliphatic rings. The van der Waals surface area contributed by atoms with Crippen molar-refractivity contribution < 1.29 is 0 Å². The number of aromatic nitrogens is 2. The van der Waals surface area contributed by atoms with Gasteiger partial charge in [-0.1, -0.05) is 12.1 Å². The predicted molar refractivity (Wildman–Crippen MR) is 78.4 cm³/mol. The van der Waals surface area contributed by atoms with E-state index in [2.05, 4.69) is 58.4 Å². The molecule has 0 saturated carbocycles. The molecule has 3 nitrogen and oxygen atoms in total. The summed E-state index contributed by atoms with van der Waals surface area (Å²) in [4.78, 5) is 4.45. The quantitative estimate of drug-likeness (QED) is 0.925. The Bertz CT molecular complexity index is 600. The highest BCUT2D eigenvalue weighted by molar-refractivity contribution is 9.10. The van der Waals surface area contributed by atoms with Gasteiger partial charge in [-0.2, -0.15) is 0 Å². The van der Waals surface area contributed by atoms with Gasteiger partial charge in [-0.05, 0) is 53.4 Å². The molecule has 0 fully saturated rings. The highest BCUT2D eigenvalue weighted by atomic mass is 79.9. The number of imidazole rings is 1. The molecule has 96 valence electrons. The van der Waals surface area contributed by atoms with Crippen molar-refractivity contribution >= 4 is 15.9 Å². The Morgan fingerprint density at radius 1 is 1.22 bits per heavy atom. The number of hydrogen-bond acceptors (Lipinski definition) is 2. The first kappa shape index (κ1) is 13.3. The molecule has 18 heavy (non-hydrogen) atoms. The second-order valence-corrected chi connectivity index (χ2v) is 5.36. The number of rotatable bonds is 2. The third-order valence-electron chi connectivity index (χ3n) is 3.64. The number of benzene rings is 1. The minimum absolute atomic E-state index is 0.443.